The standard InChI is InChI=1S/C19H27N3O4S/c1-5-25-18-10-15(3)19(11-14(18)2)27(23,24)22-8-6-21(7-9-22)13-17-12-16(4)26-20-17/h10-12H,5-9,13H2,1-4H3. The molecule has 1 aliphatic rings. The predicted molar refractivity (Wildman–Crippen MR) is 102 cm³/mol. The summed E-state index contributed by atoms with van der Waals surface area (Å²) in [4.78, 5) is 2.56. The van der Waals surface area contributed by atoms with Gasteiger partial charge in [-0.2, -0.15) is 4.31 Å². The maximum atomic E-state index is 13.1. The third-order valence-electron chi connectivity index (χ3n) is 4.78. The number of aryl methyl sites for hydroxylation is 3. The quantitative estimate of drug-likeness (QED) is 0.751. The Balaban J connectivity index is 1.70. The van der Waals surface area contributed by atoms with E-state index in [0.29, 0.717) is 49.8 Å². The van der Waals surface area contributed by atoms with Gasteiger partial charge in [-0.25, -0.2) is 8.42 Å². The molecule has 0 N–H and O–H groups in total. The zero-order valence-electron chi connectivity index (χ0n) is 16.4. The summed E-state index contributed by atoms with van der Waals surface area (Å²) in [6.07, 6.45) is 0. The molecule has 2 aromatic rings. The largest absolute Gasteiger partial charge is 0.494 e. The van der Waals surface area contributed by atoms with Crippen molar-refractivity contribution >= 4 is 10.0 Å². The number of ether oxygens (including phenoxy) is 1. The highest BCUT2D eigenvalue weighted by Gasteiger charge is 2.30. The lowest BCUT2D eigenvalue weighted by Gasteiger charge is -2.33. The zero-order chi connectivity index (χ0) is 19.6. The number of rotatable bonds is 6. The average Bonchev–Trinajstić information content (AvgIpc) is 3.03. The Kier molecular flexibility index (Phi) is 5.88. The van der Waals surface area contributed by atoms with E-state index in [1.54, 1.807) is 10.4 Å². The third kappa shape index (κ3) is 4.34. The van der Waals surface area contributed by atoms with E-state index in [-0.39, 0.29) is 0 Å². The van der Waals surface area contributed by atoms with Crippen LogP contribution in [0.2, 0.25) is 0 Å². The van der Waals surface area contributed by atoms with Crippen LogP contribution < -0.4 is 4.74 Å². The second-order valence-electron chi connectivity index (χ2n) is 6.93. The lowest BCUT2D eigenvalue weighted by molar-refractivity contribution is 0.177. The molecule has 1 aromatic carbocycles. The van der Waals surface area contributed by atoms with E-state index in [4.69, 9.17) is 9.26 Å². The van der Waals surface area contributed by atoms with Gasteiger partial charge in [-0.15, -0.1) is 0 Å². The fourth-order valence-corrected chi connectivity index (χ4v) is 5.05. The van der Waals surface area contributed by atoms with Gasteiger partial charge >= 0.3 is 0 Å². The van der Waals surface area contributed by atoms with Crippen LogP contribution in [0.1, 0.15) is 29.5 Å². The Labute approximate surface area is 160 Å². The molecule has 0 bridgehead atoms. The Hall–Kier alpha value is -1.90. The van der Waals surface area contributed by atoms with Crippen molar-refractivity contribution in [2.75, 3.05) is 32.8 Å². The van der Waals surface area contributed by atoms with Crippen molar-refractivity contribution < 1.29 is 17.7 Å². The molecule has 2 heterocycles. The topological polar surface area (TPSA) is 75.9 Å². The Morgan fingerprint density at radius 3 is 2.37 bits per heavy atom. The van der Waals surface area contributed by atoms with Crippen molar-refractivity contribution in [3.63, 3.8) is 0 Å². The third-order valence-corrected chi connectivity index (χ3v) is 6.82. The van der Waals surface area contributed by atoms with Gasteiger partial charge in [-0.05, 0) is 51.0 Å². The van der Waals surface area contributed by atoms with Gasteiger partial charge in [0.15, 0.2) is 0 Å². The first-order chi connectivity index (χ1) is 12.8. The second kappa shape index (κ2) is 8.00. The van der Waals surface area contributed by atoms with Gasteiger partial charge < -0.3 is 9.26 Å². The smallest absolute Gasteiger partial charge is 0.243 e. The minimum atomic E-state index is -3.52. The van der Waals surface area contributed by atoms with E-state index >= 15 is 0 Å². The molecule has 27 heavy (non-hydrogen) atoms. The summed E-state index contributed by atoms with van der Waals surface area (Å²) in [6.45, 7) is 11.0. The van der Waals surface area contributed by atoms with Crippen LogP contribution in [0.25, 0.3) is 0 Å². The molecule has 1 aliphatic heterocycles. The molecule has 1 fully saturated rings. The van der Waals surface area contributed by atoms with Gasteiger partial charge in [-0.3, -0.25) is 4.90 Å². The maximum Gasteiger partial charge on any atom is 0.243 e. The monoisotopic (exact) mass is 393 g/mol. The second-order valence-corrected chi connectivity index (χ2v) is 8.83. The van der Waals surface area contributed by atoms with Gasteiger partial charge in [-0.1, -0.05) is 5.16 Å². The number of aromatic nitrogens is 1. The minimum Gasteiger partial charge on any atom is -0.494 e. The zero-order valence-corrected chi connectivity index (χ0v) is 17.2. The van der Waals surface area contributed by atoms with E-state index in [2.05, 4.69) is 10.1 Å². The van der Waals surface area contributed by atoms with Crippen molar-refractivity contribution in [2.45, 2.75) is 39.1 Å². The van der Waals surface area contributed by atoms with Crippen molar-refractivity contribution in [3.05, 3.63) is 40.8 Å². The van der Waals surface area contributed by atoms with Crippen LogP contribution in [0, 0.1) is 20.8 Å². The number of sulfonamides is 1. The molecular weight excluding hydrogens is 366 g/mol. The summed E-state index contributed by atoms with van der Waals surface area (Å²) < 4.78 is 38.5. The van der Waals surface area contributed by atoms with Crippen molar-refractivity contribution in [2.24, 2.45) is 0 Å². The molecule has 7 nitrogen and oxygen atoms in total. The molecule has 0 amide bonds. The lowest BCUT2D eigenvalue weighted by atomic mass is 10.1. The SMILES string of the molecule is CCOc1cc(C)c(S(=O)(=O)N2CCN(Cc3cc(C)on3)CC2)cc1C. The van der Waals surface area contributed by atoms with Crippen LogP contribution in [0.15, 0.2) is 27.6 Å². The highest BCUT2D eigenvalue weighted by molar-refractivity contribution is 7.89. The van der Waals surface area contributed by atoms with Crippen LogP contribution in [0.5, 0.6) is 5.75 Å². The van der Waals surface area contributed by atoms with Gasteiger partial charge in [0, 0.05) is 38.8 Å². The average molecular weight is 394 g/mol. The van der Waals surface area contributed by atoms with E-state index in [1.165, 1.54) is 0 Å². The van der Waals surface area contributed by atoms with E-state index in [9.17, 15) is 8.42 Å². The highest BCUT2D eigenvalue weighted by Crippen LogP contribution is 2.28. The first kappa shape index (κ1) is 19.9. The summed E-state index contributed by atoms with van der Waals surface area (Å²) in [5.74, 6) is 1.52. The summed E-state index contributed by atoms with van der Waals surface area (Å²) in [6, 6.07) is 5.45. The number of hydrogen-bond donors (Lipinski definition) is 0. The number of benzene rings is 1. The van der Waals surface area contributed by atoms with Crippen LogP contribution in [-0.2, 0) is 16.6 Å². The summed E-state index contributed by atoms with van der Waals surface area (Å²) >= 11 is 0. The molecule has 0 aliphatic carbocycles. The first-order valence-corrected chi connectivity index (χ1v) is 10.6. The minimum absolute atomic E-state index is 0.365. The molecule has 1 aromatic heterocycles. The Morgan fingerprint density at radius 1 is 1.07 bits per heavy atom. The van der Waals surface area contributed by atoms with E-state index in [1.807, 2.05) is 39.8 Å². The molecule has 1 saturated heterocycles. The van der Waals surface area contributed by atoms with E-state index in [0.717, 1.165) is 22.8 Å². The van der Waals surface area contributed by atoms with Crippen molar-refractivity contribution in [1.82, 2.24) is 14.4 Å². The highest BCUT2D eigenvalue weighted by atomic mass is 32.2. The van der Waals surface area contributed by atoms with E-state index < -0.39 is 10.0 Å². The molecule has 0 spiro atoms. The molecule has 0 atom stereocenters. The summed E-state index contributed by atoms with van der Waals surface area (Å²) in [5.41, 5.74) is 2.42. The predicted octanol–water partition coefficient (Wildman–Crippen LogP) is 2.51. The molecule has 3 rings (SSSR count). The van der Waals surface area contributed by atoms with Gasteiger partial charge in [0.1, 0.15) is 11.5 Å². The molecule has 0 unspecified atom stereocenters. The number of nitrogens with zero attached hydrogens (tertiary/aromatic N) is 3. The normalized spacial score (nSPS) is 16.6. The fourth-order valence-electron chi connectivity index (χ4n) is 3.34. The Morgan fingerprint density at radius 2 is 1.78 bits per heavy atom. The van der Waals surface area contributed by atoms with Gasteiger partial charge in [0.2, 0.25) is 10.0 Å². The van der Waals surface area contributed by atoms with Crippen LogP contribution in [0.3, 0.4) is 0 Å². The fraction of sp³-hybridized carbons (Fsp3) is 0.526. The molecule has 148 valence electrons. The number of hydrogen-bond acceptors (Lipinski definition) is 6. The van der Waals surface area contributed by atoms with Crippen molar-refractivity contribution in [1.29, 1.82) is 0 Å². The molecule has 0 radical (unpaired) electrons. The molecule has 0 saturated carbocycles. The summed E-state index contributed by atoms with van der Waals surface area (Å²) in [7, 11) is -3.52. The van der Waals surface area contributed by atoms with Crippen LogP contribution in [0.4, 0.5) is 0 Å². The van der Waals surface area contributed by atoms with Gasteiger partial charge in [0.25, 0.3) is 0 Å². The van der Waals surface area contributed by atoms with Gasteiger partial charge in [0.05, 0.1) is 17.2 Å². The first-order valence-electron chi connectivity index (χ1n) is 9.20. The Bertz CT molecular complexity index is 900. The number of piperazine rings is 1. The molecule has 8 heteroatoms. The summed E-state index contributed by atoms with van der Waals surface area (Å²) in [5, 5.41) is 4.01. The molecular formula is C19H27N3O4S. The van der Waals surface area contributed by atoms with Crippen LogP contribution >= 0.6 is 0 Å². The van der Waals surface area contributed by atoms with Crippen LogP contribution in [-0.4, -0.2) is 55.6 Å². The maximum absolute atomic E-state index is 13.1. The lowest BCUT2D eigenvalue weighted by Crippen LogP contribution is -2.48. The van der Waals surface area contributed by atoms with Crippen molar-refractivity contribution in [3.8, 4) is 5.75 Å².